The first-order valence-electron chi connectivity index (χ1n) is 9.27. The first kappa shape index (κ1) is 22.4. The molecular formula is C23H28N2O3S. The number of rotatable bonds is 7. The summed E-state index contributed by atoms with van der Waals surface area (Å²) in [6.45, 7) is 10.5. The van der Waals surface area contributed by atoms with Gasteiger partial charge in [-0.1, -0.05) is 63.8 Å². The van der Waals surface area contributed by atoms with Crippen molar-refractivity contribution in [1.82, 2.24) is 5.32 Å². The smallest absolute Gasteiger partial charge is 0.244 e. The molecule has 2 N–H and O–H groups in total. The summed E-state index contributed by atoms with van der Waals surface area (Å²) in [6.07, 6.45) is 5.94. The Balaban J connectivity index is 1.98. The van der Waals surface area contributed by atoms with Crippen molar-refractivity contribution in [2.75, 3.05) is 11.0 Å². The molecule has 6 heteroatoms. The second-order valence-corrected chi connectivity index (χ2v) is 9.67. The lowest BCUT2D eigenvalue weighted by atomic mass is 9.87. The molecule has 0 fully saturated rings. The number of sulfonamides is 1. The average molecular weight is 413 g/mol. The van der Waals surface area contributed by atoms with Gasteiger partial charge in [-0.2, -0.15) is 0 Å². The van der Waals surface area contributed by atoms with Gasteiger partial charge in [-0.3, -0.25) is 9.52 Å². The van der Waals surface area contributed by atoms with Gasteiger partial charge >= 0.3 is 0 Å². The monoisotopic (exact) mass is 412 g/mol. The minimum atomic E-state index is -3.37. The number of anilines is 1. The van der Waals surface area contributed by atoms with E-state index in [1.807, 2.05) is 12.1 Å². The molecule has 154 valence electrons. The Hall–Kier alpha value is -2.86. The van der Waals surface area contributed by atoms with Crippen molar-refractivity contribution in [1.29, 1.82) is 0 Å². The van der Waals surface area contributed by atoms with Crippen LogP contribution in [0.1, 0.15) is 43.0 Å². The van der Waals surface area contributed by atoms with Gasteiger partial charge in [0.25, 0.3) is 0 Å². The van der Waals surface area contributed by atoms with Crippen LogP contribution in [-0.4, -0.2) is 20.6 Å². The Kier molecular flexibility index (Phi) is 7.03. The van der Waals surface area contributed by atoms with E-state index in [9.17, 15) is 13.2 Å². The Morgan fingerprint density at radius 1 is 1.10 bits per heavy atom. The predicted octanol–water partition coefficient (Wildman–Crippen LogP) is 4.33. The van der Waals surface area contributed by atoms with Crippen LogP contribution in [0.5, 0.6) is 0 Å². The fourth-order valence-corrected chi connectivity index (χ4v) is 3.28. The van der Waals surface area contributed by atoms with E-state index < -0.39 is 10.0 Å². The summed E-state index contributed by atoms with van der Waals surface area (Å²) in [5.74, 6) is -0.205. The van der Waals surface area contributed by atoms with E-state index in [0.717, 1.165) is 17.4 Å². The SMILES string of the molecule is C=Cc1cc(CNC(=O)C=Cc2ccc(C(C)(C)C)cc2)ccc1NS(C)(=O)=O. The van der Waals surface area contributed by atoms with Gasteiger partial charge in [-0.25, -0.2) is 8.42 Å². The van der Waals surface area contributed by atoms with Crippen LogP contribution < -0.4 is 10.0 Å². The molecule has 0 saturated carbocycles. The molecule has 0 radical (unpaired) electrons. The van der Waals surface area contributed by atoms with Crippen molar-refractivity contribution in [3.05, 3.63) is 77.4 Å². The molecule has 2 rings (SSSR count). The molecule has 0 heterocycles. The second-order valence-electron chi connectivity index (χ2n) is 7.92. The summed E-state index contributed by atoms with van der Waals surface area (Å²) in [5.41, 5.74) is 4.24. The third-order valence-corrected chi connectivity index (χ3v) is 4.89. The van der Waals surface area contributed by atoms with Crippen LogP contribution in [0, 0.1) is 0 Å². The molecule has 29 heavy (non-hydrogen) atoms. The van der Waals surface area contributed by atoms with E-state index in [4.69, 9.17) is 0 Å². The van der Waals surface area contributed by atoms with Crippen LogP contribution in [0.25, 0.3) is 12.2 Å². The van der Waals surface area contributed by atoms with Crippen LogP contribution in [0.3, 0.4) is 0 Å². The fourth-order valence-electron chi connectivity index (χ4n) is 2.70. The van der Waals surface area contributed by atoms with Crippen molar-refractivity contribution < 1.29 is 13.2 Å². The van der Waals surface area contributed by atoms with Gasteiger partial charge in [0.15, 0.2) is 0 Å². The molecule has 1 amide bonds. The molecule has 0 atom stereocenters. The van der Waals surface area contributed by atoms with E-state index in [-0.39, 0.29) is 11.3 Å². The summed E-state index contributed by atoms with van der Waals surface area (Å²) in [7, 11) is -3.37. The van der Waals surface area contributed by atoms with Crippen molar-refractivity contribution in [2.45, 2.75) is 32.7 Å². The van der Waals surface area contributed by atoms with Gasteiger partial charge in [0.05, 0.1) is 11.9 Å². The van der Waals surface area contributed by atoms with Crippen molar-refractivity contribution >= 4 is 33.8 Å². The second kappa shape index (κ2) is 9.09. The predicted molar refractivity (Wildman–Crippen MR) is 121 cm³/mol. The van der Waals surface area contributed by atoms with Gasteiger partial charge in [-0.15, -0.1) is 0 Å². The fraction of sp³-hybridized carbons (Fsp3) is 0.261. The zero-order chi connectivity index (χ0) is 21.7. The highest BCUT2D eigenvalue weighted by molar-refractivity contribution is 7.92. The van der Waals surface area contributed by atoms with Crippen LogP contribution in [0.2, 0.25) is 0 Å². The summed E-state index contributed by atoms with van der Waals surface area (Å²) in [6, 6.07) is 13.3. The third-order valence-electron chi connectivity index (χ3n) is 4.30. The van der Waals surface area contributed by atoms with E-state index in [0.29, 0.717) is 17.8 Å². The van der Waals surface area contributed by atoms with Gasteiger partial charge in [0.2, 0.25) is 15.9 Å². The van der Waals surface area contributed by atoms with Crippen molar-refractivity contribution in [2.24, 2.45) is 0 Å². The van der Waals surface area contributed by atoms with Crippen LogP contribution in [0.15, 0.2) is 55.1 Å². The highest BCUT2D eigenvalue weighted by Crippen LogP contribution is 2.22. The maximum atomic E-state index is 12.1. The highest BCUT2D eigenvalue weighted by Gasteiger charge is 2.12. The lowest BCUT2D eigenvalue weighted by Crippen LogP contribution is -2.20. The van der Waals surface area contributed by atoms with Gasteiger partial charge in [0, 0.05) is 12.6 Å². The average Bonchev–Trinajstić information content (AvgIpc) is 2.64. The Labute approximate surface area is 173 Å². The number of carbonyl (C=O) groups excluding carboxylic acids is 1. The number of hydrogen-bond acceptors (Lipinski definition) is 3. The molecule has 0 aromatic heterocycles. The molecule has 2 aromatic carbocycles. The van der Waals surface area contributed by atoms with E-state index >= 15 is 0 Å². The molecular weight excluding hydrogens is 384 g/mol. The third kappa shape index (κ3) is 7.23. The van der Waals surface area contributed by atoms with Crippen molar-refractivity contribution in [3.8, 4) is 0 Å². The number of amides is 1. The normalized spacial score (nSPS) is 12.0. The molecule has 0 unspecified atom stereocenters. The minimum Gasteiger partial charge on any atom is -0.348 e. The lowest BCUT2D eigenvalue weighted by Gasteiger charge is -2.18. The Morgan fingerprint density at radius 3 is 2.31 bits per heavy atom. The van der Waals surface area contributed by atoms with Gasteiger partial charge < -0.3 is 5.32 Å². The molecule has 0 aliphatic carbocycles. The largest absolute Gasteiger partial charge is 0.348 e. The topological polar surface area (TPSA) is 75.3 Å². The lowest BCUT2D eigenvalue weighted by molar-refractivity contribution is -0.116. The molecule has 2 aromatic rings. The number of nitrogens with one attached hydrogen (secondary N) is 2. The van der Waals surface area contributed by atoms with Gasteiger partial charge in [0.1, 0.15) is 0 Å². The first-order valence-corrected chi connectivity index (χ1v) is 11.2. The van der Waals surface area contributed by atoms with Crippen LogP contribution >= 0.6 is 0 Å². The maximum Gasteiger partial charge on any atom is 0.244 e. The molecule has 0 aliphatic heterocycles. The highest BCUT2D eigenvalue weighted by atomic mass is 32.2. The summed E-state index contributed by atoms with van der Waals surface area (Å²) in [5, 5.41) is 2.83. The Morgan fingerprint density at radius 2 is 1.76 bits per heavy atom. The summed E-state index contributed by atoms with van der Waals surface area (Å²) < 4.78 is 25.3. The van der Waals surface area contributed by atoms with Gasteiger partial charge in [-0.05, 0) is 45.9 Å². The minimum absolute atomic E-state index is 0.0935. The first-order chi connectivity index (χ1) is 13.5. The molecule has 0 aliphatic rings. The standard InChI is InChI=1S/C23H28N2O3S/c1-6-19-15-18(9-13-21(19)25-29(5,27)28)16-24-22(26)14-10-17-7-11-20(12-8-17)23(2,3)4/h6-15,25H,1,16H2,2-5H3,(H,24,26). The summed E-state index contributed by atoms with van der Waals surface area (Å²) in [4.78, 5) is 12.1. The number of carbonyl (C=O) groups is 1. The number of benzene rings is 2. The molecule has 0 saturated heterocycles. The van der Waals surface area contributed by atoms with Crippen LogP contribution in [-0.2, 0) is 26.8 Å². The number of hydrogen-bond donors (Lipinski definition) is 2. The summed E-state index contributed by atoms with van der Waals surface area (Å²) >= 11 is 0. The van der Waals surface area contributed by atoms with Crippen LogP contribution in [0.4, 0.5) is 5.69 Å². The van der Waals surface area contributed by atoms with E-state index in [2.05, 4.69) is 49.5 Å². The molecule has 0 bridgehead atoms. The molecule has 5 nitrogen and oxygen atoms in total. The Bertz CT molecular complexity index is 1020. The van der Waals surface area contributed by atoms with E-state index in [1.165, 1.54) is 11.6 Å². The quantitative estimate of drug-likeness (QED) is 0.665. The zero-order valence-electron chi connectivity index (χ0n) is 17.3. The zero-order valence-corrected chi connectivity index (χ0v) is 18.1. The maximum absolute atomic E-state index is 12.1. The van der Waals surface area contributed by atoms with Crippen molar-refractivity contribution in [3.63, 3.8) is 0 Å². The van der Waals surface area contributed by atoms with E-state index in [1.54, 1.807) is 30.4 Å². The molecule has 0 spiro atoms.